The summed E-state index contributed by atoms with van der Waals surface area (Å²) >= 11 is 0. The number of rotatable bonds is 2. The van der Waals surface area contributed by atoms with Gasteiger partial charge in [-0.3, -0.25) is 5.10 Å². The van der Waals surface area contributed by atoms with Crippen LogP contribution in [0.3, 0.4) is 0 Å². The Hall–Kier alpha value is -2.25. The van der Waals surface area contributed by atoms with E-state index in [1.54, 1.807) is 11.1 Å². The number of carbonyl (C=O) groups excluding carboxylic acids is 1. The Morgan fingerprint density at radius 1 is 1.35 bits per heavy atom. The Labute approximate surface area is 133 Å². The molecule has 3 amide bonds. The fourth-order valence-corrected chi connectivity index (χ4v) is 4.01. The van der Waals surface area contributed by atoms with Crippen molar-refractivity contribution in [2.24, 2.45) is 11.3 Å². The summed E-state index contributed by atoms with van der Waals surface area (Å²) in [6.45, 7) is 3.13. The molecule has 1 aliphatic carbocycles. The van der Waals surface area contributed by atoms with E-state index in [2.05, 4.69) is 15.5 Å². The molecule has 8 nitrogen and oxygen atoms in total. The molecule has 4 rings (SSSR count). The Kier molecular flexibility index (Phi) is 3.21. The molecule has 0 aromatic carbocycles. The smallest absolute Gasteiger partial charge is 0.407 e. The van der Waals surface area contributed by atoms with Crippen molar-refractivity contribution in [3.05, 3.63) is 17.5 Å². The molecule has 2 fully saturated rings. The van der Waals surface area contributed by atoms with Crippen molar-refractivity contribution in [1.29, 1.82) is 0 Å². The van der Waals surface area contributed by atoms with Gasteiger partial charge >= 0.3 is 12.1 Å². The molecule has 3 heterocycles. The van der Waals surface area contributed by atoms with Gasteiger partial charge in [-0.05, 0) is 30.6 Å². The lowest BCUT2D eigenvalue weighted by molar-refractivity contribution is 0.117. The van der Waals surface area contributed by atoms with E-state index in [9.17, 15) is 9.59 Å². The second kappa shape index (κ2) is 5.14. The molecule has 1 spiro atoms. The second-order valence-corrected chi connectivity index (χ2v) is 6.95. The highest BCUT2D eigenvalue weighted by Crippen LogP contribution is 2.59. The van der Waals surface area contributed by atoms with Gasteiger partial charge in [0, 0.05) is 25.2 Å². The number of fused-ring (bicyclic) bond motifs is 1. The van der Waals surface area contributed by atoms with Crippen molar-refractivity contribution in [3.8, 4) is 0 Å². The highest BCUT2D eigenvalue weighted by Gasteiger charge is 2.54. The fourth-order valence-electron chi connectivity index (χ4n) is 4.01. The first-order valence-electron chi connectivity index (χ1n) is 8.09. The fraction of sp³-hybridized carbons (Fsp3) is 0.667. The van der Waals surface area contributed by atoms with Gasteiger partial charge in [-0.2, -0.15) is 5.10 Å². The minimum absolute atomic E-state index is 0.0281. The molecule has 0 radical (unpaired) electrons. The molecule has 1 aromatic heterocycles. The molecule has 1 aromatic rings. The van der Waals surface area contributed by atoms with E-state index in [0.717, 1.165) is 30.5 Å². The number of carboxylic acid groups (broad SMARTS) is 1. The normalized spacial score (nSPS) is 24.6. The van der Waals surface area contributed by atoms with Crippen LogP contribution in [0.1, 0.15) is 30.5 Å². The third-order valence-electron chi connectivity index (χ3n) is 5.69. The van der Waals surface area contributed by atoms with Crippen LogP contribution in [0.5, 0.6) is 0 Å². The lowest BCUT2D eigenvalue weighted by atomic mass is 9.91. The van der Waals surface area contributed by atoms with Crippen LogP contribution in [-0.4, -0.2) is 56.9 Å². The zero-order chi connectivity index (χ0) is 16.0. The zero-order valence-corrected chi connectivity index (χ0v) is 12.9. The van der Waals surface area contributed by atoms with Gasteiger partial charge in [0.15, 0.2) is 0 Å². The summed E-state index contributed by atoms with van der Waals surface area (Å²) in [4.78, 5) is 26.5. The van der Waals surface area contributed by atoms with Gasteiger partial charge in [-0.25, -0.2) is 9.59 Å². The van der Waals surface area contributed by atoms with Gasteiger partial charge in [0.2, 0.25) is 0 Å². The van der Waals surface area contributed by atoms with E-state index in [1.807, 2.05) is 0 Å². The SMILES string of the molecule is O=C(O)N1CCC2(CC1)CC2CNC(=O)N1Cc2cn[nH]c2C1. The number of urea groups is 1. The monoisotopic (exact) mass is 319 g/mol. The first-order valence-corrected chi connectivity index (χ1v) is 8.09. The van der Waals surface area contributed by atoms with Crippen LogP contribution < -0.4 is 5.32 Å². The predicted molar refractivity (Wildman–Crippen MR) is 80.6 cm³/mol. The molecular formula is C15H21N5O3. The van der Waals surface area contributed by atoms with Crippen LogP contribution in [0.25, 0.3) is 0 Å². The summed E-state index contributed by atoms with van der Waals surface area (Å²) in [6, 6.07) is -0.0281. The summed E-state index contributed by atoms with van der Waals surface area (Å²) < 4.78 is 0. The highest BCUT2D eigenvalue weighted by atomic mass is 16.4. The van der Waals surface area contributed by atoms with Gasteiger partial charge in [0.25, 0.3) is 0 Å². The molecule has 0 bridgehead atoms. The van der Waals surface area contributed by atoms with Crippen LogP contribution >= 0.6 is 0 Å². The Balaban J connectivity index is 1.23. The molecule has 1 saturated carbocycles. The molecule has 8 heteroatoms. The number of carbonyl (C=O) groups is 2. The van der Waals surface area contributed by atoms with Gasteiger partial charge in [-0.1, -0.05) is 0 Å². The van der Waals surface area contributed by atoms with E-state index >= 15 is 0 Å². The third kappa shape index (κ3) is 2.51. The van der Waals surface area contributed by atoms with Crippen molar-refractivity contribution in [1.82, 2.24) is 25.3 Å². The van der Waals surface area contributed by atoms with E-state index < -0.39 is 6.09 Å². The average molecular weight is 319 g/mol. The lowest BCUT2D eigenvalue weighted by Crippen LogP contribution is -2.40. The number of hydrogen-bond donors (Lipinski definition) is 3. The van der Waals surface area contributed by atoms with Crippen LogP contribution in [0, 0.1) is 11.3 Å². The Morgan fingerprint density at radius 3 is 2.83 bits per heavy atom. The molecule has 1 saturated heterocycles. The summed E-state index contributed by atoms with van der Waals surface area (Å²) in [6.07, 6.45) is 3.88. The number of nitrogens with zero attached hydrogens (tertiary/aromatic N) is 3. The first-order chi connectivity index (χ1) is 11.1. The molecule has 2 aliphatic heterocycles. The summed E-state index contributed by atoms with van der Waals surface area (Å²) in [7, 11) is 0. The number of aromatic nitrogens is 2. The number of hydrogen-bond acceptors (Lipinski definition) is 3. The standard InChI is InChI=1S/C15H21N5O3/c21-13(20-8-10-6-17-18-12(10)9-20)16-7-11-5-15(11)1-3-19(4-2-15)14(22)23/h6,11H,1-5,7-9H2,(H,16,21)(H,17,18)(H,22,23). The van der Waals surface area contributed by atoms with Crippen molar-refractivity contribution in [2.75, 3.05) is 19.6 Å². The molecule has 1 atom stereocenters. The summed E-state index contributed by atoms with van der Waals surface area (Å²) in [5.41, 5.74) is 2.37. The predicted octanol–water partition coefficient (Wildman–Crippen LogP) is 1.21. The molecule has 1 unspecified atom stereocenters. The molecule has 3 aliphatic rings. The minimum Gasteiger partial charge on any atom is -0.465 e. The number of H-pyrrole nitrogens is 1. The third-order valence-corrected chi connectivity index (χ3v) is 5.69. The van der Waals surface area contributed by atoms with Crippen molar-refractivity contribution >= 4 is 12.1 Å². The average Bonchev–Trinajstić information content (AvgIpc) is 2.88. The minimum atomic E-state index is -0.822. The number of likely N-dealkylation sites (tertiary alicyclic amines) is 1. The molecule has 124 valence electrons. The van der Waals surface area contributed by atoms with Gasteiger partial charge in [0.05, 0.1) is 25.0 Å². The van der Waals surface area contributed by atoms with E-state index in [4.69, 9.17) is 5.11 Å². The zero-order valence-electron chi connectivity index (χ0n) is 12.9. The van der Waals surface area contributed by atoms with E-state index in [0.29, 0.717) is 38.6 Å². The van der Waals surface area contributed by atoms with Gasteiger partial charge in [0.1, 0.15) is 0 Å². The van der Waals surface area contributed by atoms with Gasteiger partial charge < -0.3 is 20.2 Å². The number of nitrogens with one attached hydrogen (secondary N) is 2. The molecule has 3 N–H and O–H groups in total. The molecular weight excluding hydrogens is 298 g/mol. The van der Waals surface area contributed by atoms with Crippen molar-refractivity contribution in [2.45, 2.75) is 32.4 Å². The maximum atomic E-state index is 12.3. The first kappa shape index (κ1) is 14.3. The van der Waals surface area contributed by atoms with Crippen LogP contribution in [0.4, 0.5) is 9.59 Å². The van der Waals surface area contributed by atoms with Crippen LogP contribution in [0.2, 0.25) is 0 Å². The van der Waals surface area contributed by atoms with E-state index in [-0.39, 0.29) is 11.4 Å². The van der Waals surface area contributed by atoms with Crippen molar-refractivity contribution < 1.29 is 14.7 Å². The Morgan fingerprint density at radius 2 is 2.13 bits per heavy atom. The molecule has 23 heavy (non-hydrogen) atoms. The highest BCUT2D eigenvalue weighted by molar-refractivity contribution is 5.75. The number of amides is 3. The van der Waals surface area contributed by atoms with E-state index in [1.165, 1.54) is 4.90 Å². The quantitative estimate of drug-likeness (QED) is 0.762. The number of aromatic amines is 1. The van der Waals surface area contributed by atoms with Gasteiger partial charge in [-0.15, -0.1) is 0 Å². The maximum absolute atomic E-state index is 12.3. The number of piperidine rings is 1. The largest absolute Gasteiger partial charge is 0.465 e. The Bertz CT molecular complexity index is 614. The van der Waals surface area contributed by atoms with Crippen molar-refractivity contribution in [3.63, 3.8) is 0 Å². The summed E-state index contributed by atoms with van der Waals surface area (Å²) in [5, 5.41) is 18.9. The topological polar surface area (TPSA) is 102 Å². The second-order valence-electron chi connectivity index (χ2n) is 6.95. The van der Waals surface area contributed by atoms with Crippen LogP contribution in [0.15, 0.2) is 6.20 Å². The maximum Gasteiger partial charge on any atom is 0.407 e. The van der Waals surface area contributed by atoms with Crippen LogP contribution in [-0.2, 0) is 13.1 Å². The lowest BCUT2D eigenvalue weighted by Gasteiger charge is -2.31. The summed E-state index contributed by atoms with van der Waals surface area (Å²) in [5.74, 6) is 0.490.